The maximum Gasteiger partial charge on any atom is 0.416 e. The number of alkyl halides is 3. The van der Waals surface area contributed by atoms with E-state index < -0.39 is 17.6 Å². The van der Waals surface area contributed by atoms with E-state index >= 15 is 0 Å². The van der Waals surface area contributed by atoms with Gasteiger partial charge in [-0.05, 0) is 42.0 Å². The average Bonchev–Trinajstić information content (AvgIpc) is 2.63. The monoisotopic (exact) mass is 510 g/mol. The Kier molecular flexibility index (Phi) is 9.16. The number of hydrogen-bond donors (Lipinski definition) is 3. The minimum absolute atomic E-state index is 0. The third kappa shape index (κ3) is 7.71. The number of carbonyl (C=O) groups is 1. The second-order valence-electron chi connectivity index (χ2n) is 5.53. The highest BCUT2D eigenvalue weighted by atomic mass is 127. The molecule has 1 amide bonds. The highest BCUT2D eigenvalue weighted by molar-refractivity contribution is 14.0. The third-order valence-electron chi connectivity index (χ3n) is 3.48. The number of benzene rings is 2. The molecule has 0 atom stereocenters. The van der Waals surface area contributed by atoms with Crippen molar-refractivity contribution in [1.82, 2.24) is 10.6 Å². The molecule has 2 aromatic carbocycles. The first-order valence-corrected chi connectivity index (χ1v) is 7.94. The van der Waals surface area contributed by atoms with Gasteiger partial charge in [0.05, 0.1) is 12.1 Å². The molecule has 0 radical (unpaired) electrons. The lowest BCUT2D eigenvalue weighted by Gasteiger charge is -2.13. The summed E-state index contributed by atoms with van der Waals surface area (Å²) in [6, 6.07) is 10.2. The van der Waals surface area contributed by atoms with Gasteiger partial charge in [-0.1, -0.05) is 12.1 Å². The largest absolute Gasteiger partial charge is 0.416 e. The second kappa shape index (κ2) is 10.8. The molecule has 0 aliphatic heterocycles. The number of hydrogen-bond acceptors (Lipinski definition) is 2. The van der Waals surface area contributed by atoms with Crippen molar-refractivity contribution in [3.8, 4) is 0 Å². The second-order valence-corrected chi connectivity index (χ2v) is 5.53. The van der Waals surface area contributed by atoms with Crippen LogP contribution >= 0.6 is 24.0 Å². The van der Waals surface area contributed by atoms with Crippen LogP contribution in [0.2, 0.25) is 0 Å². The van der Waals surface area contributed by atoms with Crippen molar-refractivity contribution < 1.29 is 22.4 Å². The van der Waals surface area contributed by atoms with Crippen molar-refractivity contribution in [3.63, 3.8) is 0 Å². The molecule has 0 fully saturated rings. The van der Waals surface area contributed by atoms with E-state index in [2.05, 4.69) is 20.9 Å². The van der Waals surface area contributed by atoms with E-state index in [-0.39, 0.29) is 48.9 Å². The van der Waals surface area contributed by atoms with Gasteiger partial charge in [-0.2, -0.15) is 13.2 Å². The van der Waals surface area contributed by atoms with Crippen LogP contribution < -0.4 is 16.0 Å². The van der Waals surface area contributed by atoms with Gasteiger partial charge in [0, 0.05) is 19.3 Å². The molecule has 10 heteroatoms. The lowest BCUT2D eigenvalue weighted by molar-refractivity contribution is -0.137. The van der Waals surface area contributed by atoms with Gasteiger partial charge >= 0.3 is 6.18 Å². The summed E-state index contributed by atoms with van der Waals surface area (Å²) in [7, 11) is 1.47. The van der Waals surface area contributed by atoms with Crippen molar-refractivity contribution in [3.05, 3.63) is 65.5 Å². The van der Waals surface area contributed by atoms with Crippen LogP contribution in [0.25, 0.3) is 0 Å². The number of rotatable bonds is 5. The molecule has 152 valence electrons. The predicted octanol–water partition coefficient (Wildman–Crippen LogP) is 3.77. The van der Waals surface area contributed by atoms with E-state index in [0.29, 0.717) is 11.3 Å². The summed E-state index contributed by atoms with van der Waals surface area (Å²) in [5.41, 5.74) is 0.127. The number of nitrogens with zero attached hydrogens (tertiary/aromatic N) is 1. The maximum absolute atomic E-state index is 12.8. The topological polar surface area (TPSA) is 65.5 Å². The Labute approximate surface area is 176 Å². The van der Waals surface area contributed by atoms with Crippen LogP contribution in [-0.4, -0.2) is 25.5 Å². The highest BCUT2D eigenvalue weighted by Gasteiger charge is 2.30. The fourth-order valence-electron chi connectivity index (χ4n) is 2.17. The lowest BCUT2D eigenvalue weighted by atomic mass is 10.1. The zero-order chi connectivity index (χ0) is 19.9. The SMILES string of the molecule is CN=C(NCC(=O)Nc1ccc(F)cc1)NCc1cccc(C(F)(F)F)c1.I. The van der Waals surface area contributed by atoms with Gasteiger partial charge in [0.25, 0.3) is 0 Å². The molecule has 0 saturated heterocycles. The molecule has 3 N–H and O–H groups in total. The summed E-state index contributed by atoms with van der Waals surface area (Å²) in [6.07, 6.45) is -4.41. The first-order chi connectivity index (χ1) is 12.8. The van der Waals surface area contributed by atoms with Crippen molar-refractivity contribution in [2.75, 3.05) is 18.9 Å². The van der Waals surface area contributed by atoms with Crippen molar-refractivity contribution in [2.24, 2.45) is 4.99 Å². The predicted molar refractivity (Wildman–Crippen MR) is 110 cm³/mol. The Morgan fingerprint density at radius 2 is 1.75 bits per heavy atom. The van der Waals surface area contributed by atoms with Gasteiger partial charge in [-0.25, -0.2) is 4.39 Å². The van der Waals surface area contributed by atoms with Crippen molar-refractivity contribution in [2.45, 2.75) is 12.7 Å². The standard InChI is InChI=1S/C18H18F4N4O.HI/c1-23-17(24-10-12-3-2-4-13(9-12)18(20,21)22)25-11-16(27)26-15-7-5-14(19)6-8-15;/h2-9H,10-11H2,1H3,(H,26,27)(H2,23,24,25);1H. The Balaban J connectivity index is 0.00000392. The van der Waals surface area contributed by atoms with Crippen LogP contribution in [0.5, 0.6) is 0 Å². The third-order valence-corrected chi connectivity index (χ3v) is 3.48. The van der Waals surface area contributed by atoms with Crippen LogP contribution in [0.3, 0.4) is 0 Å². The normalized spacial score (nSPS) is 11.4. The van der Waals surface area contributed by atoms with Gasteiger partial charge in [0.2, 0.25) is 5.91 Å². The Morgan fingerprint density at radius 1 is 1.07 bits per heavy atom. The van der Waals surface area contributed by atoms with Gasteiger partial charge in [0.1, 0.15) is 5.82 Å². The number of anilines is 1. The Morgan fingerprint density at radius 3 is 2.36 bits per heavy atom. The fraction of sp³-hybridized carbons (Fsp3) is 0.222. The molecule has 0 spiro atoms. The molecule has 0 aromatic heterocycles. The van der Waals surface area contributed by atoms with E-state index in [1.54, 1.807) is 6.07 Å². The summed E-state index contributed by atoms with van der Waals surface area (Å²) in [5.74, 6) is -0.546. The average molecular weight is 510 g/mol. The molecule has 28 heavy (non-hydrogen) atoms. The molecule has 2 rings (SSSR count). The molecule has 0 aliphatic carbocycles. The molecule has 0 unspecified atom stereocenters. The number of aliphatic imine (C=N–C) groups is 1. The highest BCUT2D eigenvalue weighted by Crippen LogP contribution is 2.29. The zero-order valence-corrected chi connectivity index (χ0v) is 17.1. The molecule has 0 saturated carbocycles. The van der Waals surface area contributed by atoms with Crippen molar-refractivity contribution in [1.29, 1.82) is 0 Å². The number of amides is 1. The minimum Gasteiger partial charge on any atom is -0.352 e. The summed E-state index contributed by atoms with van der Waals surface area (Å²) < 4.78 is 51.0. The summed E-state index contributed by atoms with van der Waals surface area (Å²) >= 11 is 0. The number of halogens is 5. The number of carbonyl (C=O) groups excluding carboxylic acids is 1. The number of nitrogens with one attached hydrogen (secondary N) is 3. The quantitative estimate of drug-likeness (QED) is 0.249. The van der Waals surface area contributed by atoms with Crippen LogP contribution in [0.15, 0.2) is 53.5 Å². The van der Waals surface area contributed by atoms with Crippen LogP contribution in [0.1, 0.15) is 11.1 Å². The Hall–Kier alpha value is -2.37. The molecule has 5 nitrogen and oxygen atoms in total. The van der Waals surface area contributed by atoms with Crippen molar-refractivity contribution >= 4 is 41.5 Å². The van der Waals surface area contributed by atoms with Gasteiger partial charge < -0.3 is 16.0 Å². The van der Waals surface area contributed by atoms with Crippen LogP contribution in [0, 0.1) is 5.82 Å². The van der Waals surface area contributed by atoms with Gasteiger partial charge in [0.15, 0.2) is 5.96 Å². The van der Waals surface area contributed by atoms with E-state index in [9.17, 15) is 22.4 Å². The zero-order valence-electron chi connectivity index (χ0n) is 14.8. The molecule has 0 aliphatic rings. The lowest BCUT2D eigenvalue weighted by Crippen LogP contribution is -2.41. The molecular weight excluding hydrogens is 491 g/mol. The molecular formula is C18H19F4IN4O. The summed E-state index contributed by atoms with van der Waals surface area (Å²) in [6.45, 7) is -0.0250. The minimum atomic E-state index is -4.41. The fourth-order valence-corrected chi connectivity index (χ4v) is 2.17. The van der Waals surface area contributed by atoms with Crippen LogP contribution in [0.4, 0.5) is 23.2 Å². The molecule has 0 heterocycles. The first-order valence-electron chi connectivity index (χ1n) is 7.94. The molecule has 0 bridgehead atoms. The van der Waals surface area contributed by atoms with E-state index in [0.717, 1.165) is 12.1 Å². The smallest absolute Gasteiger partial charge is 0.352 e. The van der Waals surface area contributed by atoms with E-state index in [1.165, 1.54) is 37.4 Å². The summed E-state index contributed by atoms with van der Waals surface area (Å²) in [4.78, 5) is 15.8. The summed E-state index contributed by atoms with van der Waals surface area (Å²) in [5, 5.41) is 8.15. The van der Waals surface area contributed by atoms with Crippen LogP contribution in [-0.2, 0) is 17.5 Å². The van der Waals surface area contributed by atoms with E-state index in [1.807, 2.05) is 0 Å². The van der Waals surface area contributed by atoms with E-state index in [4.69, 9.17) is 0 Å². The Bertz CT molecular complexity index is 810. The number of guanidine groups is 1. The maximum atomic E-state index is 12.8. The van der Waals surface area contributed by atoms with Gasteiger partial charge in [-0.3, -0.25) is 9.79 Å². The van der Waals surface area contributed by atoms with Gasteiger partial charge in [-0.15, -0.1) is 24.0 Å². The first kappa shape index (κ1) is 23.7. The molecule has 2 aromatic rings.